The van der Waals surface area contributed by atoms with Gasteiger partial charge in [-0.15, -0.1) is 0 Å². The molecule has 5 rings (SSSR count). The van der Waals surface area contributed by atoms with E-state index < -0.39 is 24.6 Å². The lowest BCUT2D eigenvalue weighted by molar-refractivity contribution is -0.00437. The van der Waals surface area contributed by atoms with Gasteiger partial charge in [0.05, 0.1) is 31.7 Å². The van der Waals surface area contributed by atoms with Gasteiger partial charge in [-0.3, -0.25) is 19.9 Å². The topological polar surface area (TPSA) is 102 Å². The first-order valence-corrected chi connectivity index (χ1v) is 9.86. The molecule has 0 spiro atoms. The summed E-state index contributed by atoms with van der Waals surface area (Å²) in [5.41, 5.74) is 7.75. The van der Waals surface area contributed by atoms with Gasteiger partial charge in [-0.25, -0.2) is 18.8 Å². The first-order valence-electron chi connectivity index (χ1n) is 9.86. The second-order valence-electron chi connectivity index (χ2n) is 7.53. The zero-order valence-corrected chi connectivity index (χ0v) is 17.1. The van der Waals surface area contributed by atoms with E-state index in [9.17, 15) is 8.78 Å². The van der Waals surface area contributed by atoms with Gasteiger partial charge in [-0.05, 0) is 29.3 Å². The van der Waals surface area contributed by atoms with Gasteiger partial charge < -0.3 is 10.5 Å². The molecule has 2 aliphatic heterocycles. The molecular weight excluding hydrogens is 416 g/mol. The maximum atomic E-state index is 14.1. The lowest BCUT2D eigenvalue weighted by Gasteiger charge is -2.35. The number of fused-ring (bicyclic) bond motifs is 1. The monoisotopic (exact) mass is 435 g/mol. The van der Waals surface area contributed by atoms with Crippen molar-refractivity contribution in [2.24, 2.45) is 15.7 Å². The molecule has 0 saturated heterocycles. The van der Waals surface area contributed by atoms with Crippen LogP contribution in [-0.4, -0.2) is 57.8 Å². The van der Waals surface area contributed by atoms with Crippen molar-refractivity contribution in [1.82, 2.24) is 19.9 Å². The number of halogens is 2. The van der Waals surface area contributed by atoms with E-state index in [0.717, 1.165) is 11.1 Å². The third-order valence-corrected chi connectivity index (χ3v) is 5.48. The fourth-order valence-corrected chi connectivity index (χ4v) is 4.05. The second-order valence-corrected chi connectivity index (χ2v) is 7.53. The van der Waals surface area contributed by atoms with Crippen molar-refractivity contribution in [1.29, 1.82) is 0 Å². The van der Waals surface area contributed by atoms with Crippen molar-refractivity contribution in [3.05, 3.63) is 72.3 Å². The van der Waals surface area contributed by atoms with Crippen molar-refractivity contribution in [2.75, 3.05) is 20.2 Å². The number of guanidine groups is 1. The van der Waals surface area contributed by atoms with Crippen LogP contribution in [-0.2, 0) is 5.54 Å². The molecular formula is C22H19F2N7O. The molecule has 3 aromatic rings. The number of methoxy groups -OCH3 is 1. The standard InChI is InChI=1S/C22H19F2N7O/c1-32-18-11-27-10-17(29-18)14-3-2-4-16(9-14)22(15-5-7-26-8-6-15)19-28-12-21(23,24)13-31(19)20(25)30-22/h2-11H,12-13H2,1H3,(H2,25,30). The number of hydrogen-bond acceptors (Lipinski definition) is 8. The number of pyridine rings is 1. The number of aliphatic imine (C=N–C) groups is 2. The summed E-state index contributed by atoms with van der Waals surface area (Å²) >= 11 is 0. The number of hydrogen-bond donors (Lipinski definition) is 1. The Kier molecular flexibility index (Phi) is 4.58. The summed E-state index contributed by atoms with van der Waals surface area (Å²) in [5.74, 6) is -2.26. The maximum Gasteiger partial charge on any atom is 0.284 e. The first-order chi connectivity index (χ1) is 15.4. The number of benzene rings is 1. The molecule has 0 bridgehead atoms. The Morgan fingerprint density at radius 2 is 1.88 bits per heavy atom. The lowest BCUT2D eigenvalue weighted by atomic mass is 9.81. The number of nitrogens with two attached hydrogens (primary N) is 1. The quantitative estimate of drug-likeness (QED) is 0.676. The van der Waals surface area contributed by atoms with E-state index >= 15 is 0 Å². The van der Waals surface area contributed by atoms with Crippen molar-refractivity contribution in [3.63, 3.8) is 0 Å². The number of ether oxygens (including phenoxy) is 1. The van der Waals surface area contributed by atoms with Gasteiger partial charge in [0.1, 0.15) is 12.4 Å². The third-order valence-electron chi connectivity index (χ3n) is 5.48. The summed E-state index contributed by atoms with van der Waals surface area (Å²) < 4.78 is 33.5. The fourth-order valence-electron chi connectivity index (χ4n) is 4.05. The van der Waals surface area contributed by atoms with Gasteiger partial charge in [0.15, 0.2) is 11.5 Å². The zero-order valence-electron chi connectivity index (χ0n) is 17.1. The molecule has 4 heterocycles. The molecule has 0 aliphatic carbocycles. The molecule has 0 radical (unpaired) electrons. The van der Waals surface area contributed by atoms with Gasteiger partial charge in [0, 0.05) is 18.0 Å². The van der Waals surface area contributed by atoms with Gasteiger partial charge in [0.25, 0.3) is 5.92 Å². The minimum Gasteiger partial charge on any atom is -0.480 e. The molecule has 162 valence electrons. The van der Waals surface area contributed by atoms with Crippen molar-refractivity contribution in [3.8, 4) is 17.1 Å². The zero-order chi connectivity index (χ0) is 22.3. The highest BCUT2D eigenvalue weighted by molar-refractivity contribution is 6.12. The van der Waals surface area contributed by atoms with Crippen LogP contribution in [0, 0.1) is 0 Å². The van der Waals surface area contributed by atoms with Crippen LogP contribution in [0.15, 0.2) is 71.2 Å². The average molecular weight is 435 g/mol. The second kappa shape index (κ2) is 7.33. The molecule has 1 unspecified atom stereocenters. The number of amidine groups is 1. The summed E-state index contributed by atoms with van der Waals surface area (Å²) in [4.78, 5) is 23.0. The SMILES string of the molecule is COc1cncc(-c2cccc(C3(c4ccncc4)N=C(N)N4CC(F)(F)CN=C43)c2)n1. The summed E-state index contributed by atoms with van der Waals surface area (Å²) in [5, 5.41) is 0. The van der Waals surface area contributed by atoms with Crippen LogP contribution in [0.3, 0.4) is 0 Å². The number of alkyl halides is 2. The Hall–Kier alpha value is -3.95. The van der Waals surface area contributed by atoms with E-state index in [2.05, 4.69) is 19.9 Å². The fraction of sp³-hybridized carbons (Fsp3) is 0.227. The number of aromatic nitrogens is 3. The number of nitrogens with zero attached hydrogens (tertiary/aromatic N) is 6. The van der Waals surface area contributed by atoms with E-state index in [1.165, 1.54) is 18.2 Å². The summed E-state index contributed by atoms with van der Waals surface area (Å²) in [6.07, 6.45) is 6.39. The minimum atomic E-state index is -2.99. The van der Waals surface area contributed by atoms with E-state index in [4.69, 9.17) is 15.5 Å². The Morgan fingerprint density at radius 1 is 1.06 bits per heavy atom. The van der Waals surface area contributed by atoms with Crippen molar-refractivity contribution in [2.45, 2.75) is 11.5 Å². The van der Waals surface area contributed by atoms with Crippen molar-refractivity contribution >= 4 is 11.8 Å². The van der Waals surface area contributed by atoms with Crippen LogP contribution in [0.5, 0.6) is 5.88 Å². The normalized spacial score (nSPS) is 21.5. The lowest BCUT2D eigenvalue weighted by Crippen LogP contribution is -2.53. The van der Waals surface area contributed by atoms with Crippen LogP contribution in [0.4, 0.5) is 8.78 Å². The van der Waals surface area contributed by atoms with E-state index in [0.29, 0.717) is 23.0 Å². The molecule has 0 saturated carbocycles. The summed E-state index contributed by atoms with van der Waals surface area (Å²) in [7, 11) is 1.52. The average Bonchev–Trinajstić information content (AvgIpc) is 3.11. The van der Waals surface area contributed by atoms with Crippen LogP contribution in [0.1, 0.15) is 11.1 Å². The maximum absolute atomic E-state index is 14.1. The highest BCUT2D eigenvalue weighted by Crippen LogP contribution is 2.43. The highest BCUT2D eigenvalue weighted by Gasteiger charge is 2.53. The Balaban J connectivity index is 1.71. The molecule has 0 amide bonds. The van der Waals surface area contributed by atoms with Crippen LogP contribution in [0.25, 0.3) is 11.3 Å². The van der Waals surface area contributed by atoms with E-state index in [1.807, 2.05) is 24.3 Å². The Labute approximate surface area is 182 Å². The molecule has 8 nitrogen and oxygen atoms in total. The Morgan fingerprint density at radius 3 is 2.66 bits per heavy atom. The van der Waals surface area contributed by atoms with Crippen LogP contribution in [0.2, 0.25) is 0 Å². The molecule has 1 atom stereocenters. The largest absolute Gasteiger partial charge is 0.480 e. The van der Waals surface area contributed by atoms with Crippen LogP contribution >= 0.6 is 0 Å². The predicted molar refractivity (Wildman–Crippen MR) is 115 cm³/mol. The summed E-state index contributed by atoms with van der Waals surface area (Å²) in [6, 6.07) is 11.1. The molecule has 1 aromatic carbocycles. The Bertz CT molecular complexity index is 1230. The molecule has 0 fully saturated rings. The van der Waals surface area contributed by atoms with E-state index in [1.54, 1.807) is 30.7 Å². The smallest absolute Gasteiger partial charge is 0.284 e. The van der Waals surface area contributed by atoms with Gasteiger partial charge in [-0.2, -0.15) is 0 Å². The summed E-state index contributed by atoms with van der Waals surface area (Å²) in [6.45, 7) is -1.20. The number of rotatable bonds is 4. The van der Waals surface area contributed by atoms with E-state index in [-0.39, 0.29) is 5.96 Å². The molecule has 2 aromatic heterocycles. The van der Waals surface area contributed by atoms with Crippen molar-refractivity contribution < 1.29 is 13.5 Å². The molecule has 2 aliphatic rings. The predicted octanol–water partition coefficient (Wildman–Crippen LogP) is 2.47. The van der Waals surface area contributed by atoms with Gasteiger partial charge >= 0.3 is 0 Å². The highest BCUT2D eigenvalue weighted by atomic mass is 19.3. The van der Waals surface area contributed by atoms with Gasteiger partial charge in [-0.1, -0.05) is 18.2 Å². The molecule has 2 N–H and O–H groups in total. The first kappa shape index (κ1) is 20.0. The third kappa shape index (κ3) is 3.15. The van der Waals surface area contributed by atoms with Gasteiger partial charge in [0.2, 0.25) is 5.88 Å². The minimum absolute atomic E-state index is 0.00786. The molecule has 32 heavy (non-hydrogen) atoms. The van der Waals surface area contributed by atoms with Crippen LogP contribution < -0.4 is 10.5 Å². The molecule has 10 heteroatoms.